The number of hydrogen-bond donors (Lipinski definition) is 1. The summed E-state index contributed by atoms with van der Waals surface area (Å²) in [5.41, 5.74) is 2.33. The van der Waals surface area contributed by atoms with Gasteiger partial charge in [-0.1, -0.05) is 0 Å². The standard InChI is InChI=1S/C15H17NO4/c1-9-7-12-8-11(14(18)5-6-15(19)20)3-4-13(12)16(9)10(2)17/h3-4,8-9H,5-7H2,1-2H3,(H,19,20). The molecule has 0 spiro atoms. The third kappa shape index (κ3) is 2.71. The summed E-state index contributed by atoms with van der Waals surface area (Å²) < 4.78 is 0. The van der Waals surface area contributed by atoms with Gasteiger partial charge in [-0.05, 0) is 37.1 Å². The summed E-state index contributed by atoms with van der Waals surface area (Å²) in [5.74, 6) is -1.17. The fraction of sp³-hybridized carbons (Fsp3) is 0.400. The smallest absolute Gasteiger partial charge is 0.303 e. The zero-order chi connectivity index (χ0) is 14.9. The van der Waals surface area contributed by atoms with Gasteiger partial charge in [0.25, 0.3) is 0 Å². The minimum Gasteiger partial charge on any atom is -0.481 e. The lowest BCUT2D eigenvalue weighted by molar-refractivity contribution is -0.137. The second kappa shape index (κ2) is 5.45. The number of carboxylic acids is 1. The van der Waals surface area contributed by atoms with Gasteiger partial charge in [-0.3, -0.25) is 14.4 Å². The number of benzene rings is 1. The molecule has 0 aliphatic carbocycles. The van der Waals surface area contributed by atoms with Crippen LogP contribution in [0.4, 0.5) is 5.69 Å². The van der Waals surface area contributed by atoms with Crippen LogP contribution in [0, 0.1) is 0 Å². The molecule has 0 aromatic heterocycles. The van der Waals surface area contributed by atoms with Crippen LogP contribution in [0.5, 0.6) is 0 Å². The van der Waals surface area contributed by atoms with Crippen LogP contribution in [0.3, 0.4) is 0 Å². The van der Waals surface area contributed by atoms with E-state index in [1.165, 1.54) is 6.92 Å². The van der Waals surface area contributed by atoms with Crippen LogP contribution in [0.25, 0.3) is 0 Å². The van der Waals surface area contributed by atoms with Crippen molar-refractivity contribution in [2.45, 2.75) is 39.2 Å². The van der Waals surface area contributed by atoms with Gasteiger partial charge >= 0.3 is 5.97 Å². The first kappa shape index (κ1) is 14.2. The molecule has 0 saturated heterocycles. The Morgan fingerprint density at radius 3 is 2.60 bits per heavy atom. The Bertz CT molecular complexity index is 579. The maximum absolute atomic E-state index is 11.9. The van der Waals surface area contributed by atoms with Crippen molar-refractivity contribution in [2.24, 2.45) is 0 Å². The number of fused-ring (bicyclic) bond motifs is 1. The van der Waals surface area contributed by atoms with Gasteiger partial charge < -0.3 is 10.0 Å². The van der Waals surface area contributed by atoms with Crippen molar-refractivity contribution in [3.63, 3.8) is 0 Å². The molecule has 1 N–H and O–H groups in total. The molecule has 5 heteroatoms. The summed E-state index contributed by atoms with van der Waals surface area (Å²) in [6.07, 6.45) is 0.556. The highest BCUT2D eigenvalue weighted by Crippen LogP contribution is 2.33. The first-order valence-electron chi connectivity index (χ1n) is 6.58. The summed E-state index contributed by atoms with van der Waals surface area (Å²) in [6.45, 7) is 3.49. The van der Waals surface area contributed by atoms with Crippen molar-refractivity contribution >= 4 is 23.3 Å². The summed E-state index contributed by atoms with van der Waals surface area (Å²) in [6, 6.07) is 5.30. The Hall–Kier alpha value is -2.17. The van der Waals surface area contributed by atoms with E-state index in [1.54, 1.807) is 23.1 Å². The predicted octanol–water partition coefficient (Wildman–Crippen LogP) is 2.03. The van der Waals surface area contributed by atoms with E-state index in [1.807, 2.05) is 6.92 Å². The van der Waals surface area contributed by atoms with Crippen molar-refractivity contribution in [3.05, 3.63) is 29.3 Å². The molecule has 1 unspecified atom stereocenters. The Kier molecular flexibility index (Phi) is 3.88. The second-order valence-electron chi connectivity index (χ2n) is 5.10. The molecule has 0 bridgehead atoms. The maximum atomic E-state index is 11.9. The molecule has 20 heavy (non-hydrogen) atoms. The van der Waals surface area contributed by atoms with Crippen molar-refractivity contribution in [3.8, 4) is 0 Å². The van der Waals surface area contributed by atoms with Crippen molar-refractivity contribution in [1.29, 1.82) is 0 Å². The SMILES string of the molecule is CC(=O)N1c2ccc(C(=O)CCC(=O)O)cc2CC1C. The van der Waals surface area contributed by atoms with E-state index >= 15 is 0 Å². The van der Waals surface area contributed by atoms with E-state index in [0.29, 0.717) is 5.56 Å². The Labute approximate surface area is 117 Å². The van der Waals surface area contributed by atoms with E-state index in [4.69, 9.17) is 5.11 Å². The average molecular weight is 275 g/mol. The van der Waals surface area contributed by atoms with Gasteiger partial charge in [0.15, 0.2) is 5.78 Å². The summed E-state index contributed by atoms with van der Waals surface area (Å²) in [7, 11) is 0. The van der Waals surface area contributed by atoms with Gasteiger partial charge in [0.2, 0.25) is 5.91 Å². The highest BCUT2D eigenvalue weighted by Gasteiger charge is 2.29. The van der Waals surface area contributed by atoms with Crippen LogP contribution in [-0.4, -0.2) is 28.8 Å². The third-order valence-corrected chi connectivity index (χ3v) is 3.52. The fourth-order valence-corrected chi connectivity index (χ4v) is 2.65. The minimum absolute atomic E-state index is 0.0000954. The fourth-order valence-electron chi connectivity index (χ4n) is 2.65. The number of nitrogens with zero attached hydrogens (tertiary/aromatic N) is 1. The molecule has 0 radical (unpaired) electrons. The topological polar surface area (TPSA) is 74.7 Å². The van der Waals surface area contributed by atoms with Gasteiger partial charge in [-0.2, -0.15) is 0 Å². The van der Waals surface area contributed by atoms with Crippen LogP contribution in [-0.2, 0) is 16.0 Å². The van der Waals surface area contributed by atoms with Crippen LogP contribution >= 0.6 is 0 Å². The van der Waals surface area contributed by atoms with Crippen LogP contribution in [0.15, 0.2) is 18.2 Å². The third-order valence-electron chi connectivity index (χ3n) is 3.52. The second-order valence-corrected chi connectivity index (χ2v) is 5.10. The number of hydrogen-bond acceptors (Lipinski definition) is 3. The molecule has 1 aliphatic heterocycles. The molecule has 1 amide bonds. The lowest BCUT2D eigenvalue weighted by Crippen LogP contribution is -2.33. The van der Waals surface area contributed by atoms with E-state index in [9.17, 15) is 14.4 Å². The quantitative estimate of drug-likeness (QED) is 0.853. The predicted molar refractivity (Wildman–Crippen MR) is 74.0 cm³/mol. The number of carbonyl (C=O) groups is 3. The molecule has 1 atom stereocenters. The van der Waals surface area contributed by atoms with Gasteiger partial charge in [-0.25, -0.2) is 0 Å². The molecule has 1 aromatic rings. The molecule has 2 rings (SSSR count). The van der Waals surface area contributed by atoms with Crippen LogP contribution in [0.1, 0.15) is 42.6 Å². The summed E-state index contributed by atoms with van der Waals surface area (Å²) in [5, 5.41) is 8.60. The monoisotopic (exact) mass is 275 g/mol. The molecule has 1 heterocycles. The molecular formula is C15H17NO4. The van der Waals surface area contributed by atoms with Crippen molar-refractivity contribution in [2.75, 3.05) is 4.90 Å². The number of anilines is 1. The number of amides is 1. The lowest BCUT2D eigenvalue weighted by atomic mass is 10.0. The van der Waals surface area contributed by atoms with E-state index in [2.05, 4.69) is 0 Å². The van der Waals surface area contributed by atoms with Crippen molar-refractivity contribution < 1.29 is 19.5 Å². The van der Waals surface area contributed by atoms with E-state index in [0.717, 1.165) is 17.7 Å². The van der Waals surface area contributed by atoms with Crippen LogP contribution < -0.4 is 4.90 Å². The number of ketones is 1. The van der Waals surface area contributed by atoms with Gasteiger partial charge in [0, 0.05) is 30.6 Å². The number of carbonyl (C=O) groups excluding carboxylic acids is 2. The Morgan fingerprint density at radius 2 is 2.00 bits per heavy atom. The highest BCUT2D eigenvalue weighted by atomic mass is 16.4. The zero-order valence-electron chi connectivity index (χ0n) is 11.5. The normalized spacial score (nSPS) is 16.9. The van der Waals surface area contributed by atoms with Gasteiger partial charge in [0.1, 0.15) is 0 Å². The lowest BCUT2D eigenvalue weighted by Gasteiger charge is -2.20. The van der Waals surface area contributed by atoms with Gasteiger partial charge in [-0.15, -0.1) is 0 Å². The zero-order valence-corrected chi connectivity index (χ0v) is 11.5. The number of rotatable bonds is 4. The van der Waals surface area contributed by atoms with E-state index < -0.39 is 5.97 Å². The summed E-state index contributed by atoms with van der Waals surface area (Å²) >= 11 is 0. The molecule has 0 fully saturated rings. The first-order chi connectivity index (χ1) is 9.40. The Morgan fingerprint density at radius 1 is 1.30 bits per heavy atom. The minimum atomic E-state index is -0.976. The van der Waals surface area contributed by atoms with Crippen LogP contribution in [0.2, 0.25) is 0 Å². The van der Waals surface area contributed by atoms with Gasteiger partial charge in [0.05, 0.1) is 6.42 Å². The number of Topliss-reactive ketones (excluding diaryl/α,β-unsaturated/α-hetero) is 1. The number of carboxylic acid groups (broad SMARTS) is 1. The highest BCUT2D eigenvalue weighted by molar-refractivity contribution is 6.00. The molecular weight excluding hydrogens is 258 g/mol. The van der Waals surface area contributed by atoms with E-state index in [-0.39, 0.29) is 30.6 Å². The summed E-state index contributed by atoms with van der Waals surface area (Å²) in [4.78, 5) is 35.7. The first-order valence-corrected chi connectivity index (χ1v) is 6.58. The molecule has 1 aromatic carbocycles. The Balaban J connectivity index is 2.22. The molecule has 5 nitrogen and oxygen atoms in total. The molecule has 1 aliphatic rings. The molecule has 106 valence electrons. The maximum Gasteiger partial charge on any atom is 0.303 e. The molecule has 0 saturated carbocycles. The largest absolute Gasteiger partial charge is 0.481 e. The average Bonchev–Trinajstić information content (AvgIpc) is 2.70. The number of aliphatic carboxylic acids is 1. The van der Waals surface area contributed by atoms with Crippen molar-refractivity contribution in [1.82, 2.24) is 0 Å².